The van der Waals surface area contributed by atoms with Gasteiger partial charge in [-0.3, -0.25) is 9.78 Å². The molecule has 0 unspecified atom stereocenters. The number of pyridine rings is 1. The van der Waals surface area contributed by atoms with Crippen molar-refractivity contribution in [2.75, 3.05) is 26.8 Å². The molecule has 1 atom stereocenters. The molecule has 1 saturated heterocycles. The Bertz CT molecular complexity index is 720. The Kier molecular flexibility index (Phi) is 5.20. The molecule has 24 heavy (non-hydrogen) atoms. The largest absolute Gasteiger partial charge is 0.375 e. The van der Waals surface area contributed by atoms with Crippen molar-refractivity contribution < 1.29 is 13.9 Å². The topological polar surface area (TPSA) is 42.4 Å². The number of ether oxygens (including phenoxy) is 1. The van der Waals surface area contributed by atoms with Crippen LogP contribution in [0.4, 0.5) is 4.39 Å². The highest BCUT2D eigenvalue weighted by Gasteiger charge is 2.25. The van der Waals surface area contributed by atoms with Crippen LogP contribution in [-0.4, -0.2) is 42.6 Å². The number of aromatic nitrogens is 1. The van der Waals surface area contributed by atoms with Crippen LogP contribution in [0.5, 0.6) is 0 Å². The molecule has 2 aromatic rings. The number of likely N-dealkylation sites (tertiary alicyclic amines) is 1. The third-order valence-corrected chi connectivity index (χ3v) is 4.38. The lowest BCUT2D eigenvalue weighted by atomic mass is 9.93. The monoisotopic (exact) mass is 328 g/mol. The van der Waals surface area contributed by atoms with E-state index >= 15 is 0 Å². The summed E-state index contributed by atoms with van der Waals surface area (Å²) in [5.74, 6) is -0.0959. The molecule has 1 amide bonds. The second kappa shape index (κ2) is 7.53. The molecule has 0 N–H and O–H groups in total. The zero-order valence-electron chi connectivity index (χ0n) is 13.7. The van der Waals surface area contributed by atoms with Crippen LogP contribution in [0.3, 0.4) is 0 Å². The van der Waals surface area contributed by atoms with Gasteiger partial charge in [0.25, 0.3) is 0 Å². The van der Waals surface area contributed by atoms with E-state index in [-0.39, 0.29) is 24.2 Å². The Morgan fingerprint density at radius 1 is 1.29 bits per heavy atom. The first-order chi connectivity index (χ1) is 11.7. The number of halogens is 1. The lowest BCUT2D eigenvalue weighted by Gasteiger charge is -2.32. The molecular weight excluding hydrogens is 307 g/mol. The maximum atomic E-state index is 14.0. The van der Waals surface area contributed by atoms with E-state index in [2.05, 4.69) is 4.98 Å². The number of methoxy groups -OCH3 is 1. The molecule has 5 heteroatoms. The number of piperidine rings is 1. The summed E-state index contributed by atoms with van der Waals surface area (Å²) in [7, 11) is 1.53. The quantitative estimate of drug-likeness (QED) is 0.865. The van der Waals surface area contributed by atoms with Crippen LogP contribution in [0, 0.1) is 5.82 Å². The molecule has 1 aliphatic rings. The van der Waals surface area contributed by atoms with E-state index in [0.29, 0.717) is 17.8 Å². The van der Waals surface area contributed by atoms with Crippen molar-refractivity contribution in [1.29, 1.82) is 0 Å². The summed E-state index contributed by atoms with van der Waals surface area (Å²) >= 11 is 0. The maximum absolute atomic E-state index is 14.0. The Morgan fingerprint density at radius 3 is 2.92 bits per heavy atom. The Labute approximate surface area is 141 Å². The van der Waals surface area contributed by atoms with Gasteiger partial charge in [0.2, 0.25) is 5.91 Å². The SMILES string of the molecule is COCC(=O)N1CCC[C@@H](c2cccc(-c3ccccc3F)n2)C1. The van der Waals surface area contributed by atoms with E-state index in [0.717, 1.165) is 25.1 Å². The molecule has 0 spiro atoms. The fraction of sp³-hybridized carbons (Fsp3) is 0.368. The van der Waals surface area contributed by atoms with E-state index in [1.54, 1.807) is 18.2 Å². The molecule has 1 aliphatic heterocycles. The van der Waals surface area contributed by atoms with Crippen LogP contribution in [-0.2, 0) is 9.53 Å². The van der Waals surface area contributed by atoms with Crippen molar-refractivity contribution in [1.82, 2.24) is 9.88 Å². The number of rotatable bonds is 4. The fourth-order valence-corrected chi connectivity index (χ4v) is 3.16. The third kappa shape index (κ3) is 3.62. The van der Waals surface area contributed by atoms with E-state index in [1.165, 1.54) is 13.2 Å². The number of carbonyl (C=O) groups is 1. The van der Waals surface area contributed by atoms with Gasteiger partial charge in [-0.15, -0.1) is 0 Å². The minimum absolute atomic E-state index is 0.00691. The molecule has 0 bridgehead atoms. The first kappa shape index (κ1) is 16.6. The molecule has 2 heterocycles. The highest BCUT2D eigenvalue weighted by molar-refractivity contribution is 5.77. The van der Waals surface area contributed by atoms with Gasteiger partial charge in [-0.05, 0) is 37.1 Å². The van der Waals surface area contributed by atoms with Crippen molar-refractivity contribution in [3.8, 4) is 11.3 Å². The van der Waals surface area contributed by atoms with E-state index in [9.17, 15) is 9.18 Å². The fourth-order valence-electron chi connectivity index (χ4n) is 3.16. The first-order valence-electron chi connectivity index (χ1n) is 8.17. The van der Waals surface area contributed by atoms with Gasteiger partial charge in [0.05, 0.1) is 5.69 Å². The smallest absolute Gasteiger partial charge is 0.248 e. The third-order valence-electron chi connectivity index (χ3n) is 4.38. The van der Waals surface area contributed by atoms with Crippen LogP contribution < -0.4 is 0 Å². The average Bonchev–Trinajstić information content (AvgIpc) is 2.62. The van der Waals surface area contributed by atoms with Crippen molar-refractivity contribution in [2.45, 2.75) is 18.8 Å². The Balaban J connectivity index is 1.81. The van der Waals surface area contributed by atoms with E-state index in [4.69, 9.17) is 4.74 Å². The number of benzene rings is 1. The predicted molar refractivity (Wildman–Crippen MR) is 90.1 cm³/mol. The molecule has 0 saturated carbocycles. The van der Waals surface area contributed by atoms with Crippen LogP contribution in [0.1, 0.15) is 24.5 Å². The second-order valence-corrected chi connectivity index (χ2v) is 6.04. The summed E-state index contributed by atoms with van der Waals surface area (Å²) in [4.78, 5) is 18.5. The summed E-state index contributed by atoms with van der Waals surface area (Å²) in [6.45, 7) is 1.50. The van der Waals surface area contributed by atoms with Gasteiger partial charge >= 0.3 is 0 Å². The first-order valence-corrected chi connectivity index (χ1v) is 8.17. The lowest BCUT2D eigenvalue weighted by molar-refractivity contribution is -0.136. The number of hydrogen-bond donors (Lipinski definition) is 0. The van der Waals surface area contributed by atoms with Gasteiger partial charge in [-0.2, -0.15) is 0 Å². The van der Waals surface area contributed by atoms with Crippen molar-refractivity contribution >= 4 is 5.91 Å². The molecular formula is C19H21FN2O2. The second-order valence-electron chi connectivity index (χ2n) is 6.04. The number of carbonyl (C=O) groups excluding carboxylic acids is 1. The van der Waals surface area contributed by atoms with Crippen molar-refractivity contribution in [2.24, 2.45) is 0 Å². The predicted octanol–water partition coefficient (Wildman–Crippen LogP) is 3.24. The Morgan fingerprint density at radius 2 is 2.12 bits per heavy atom. The van der Waals surface area contributed by atoms with Gasteiger partial charge in [0.1, 0.15) is 12.4 Å². The van der Waals surface area contributed by atoms with Crippen LogP contribution in [0.2, 0.25) is 0 Å². The molecule has 1 fully saturated rings. The van der Waals surface area contributed by atoms with Crippen molar-refractivity contribution in [3.63, 3.8) is 0 Å². The summed E-state index contributed by atoms with van der Waals surface area (Å²) < 4.78 is 18.9. The normalized spacial score (nSPS) is 17.8. The standard InChI is InChI=1S/C19H21FN2O2/c1-24-13-19(23)22-11-5-6-14(12-22)17-9-4-10-18(21-17)15-7-2-3-8-16(15)20/h2-4,7-10,14H,5-6,11-13H2,1H3/t14-/m1/s1. The maximum Gasteiger partial charge on any atom is 0.248 e. The summed E-state index contributed by atoms with van der Waals surface area (Å²) in [5.41, 5.74) is 2.04. The van der Waals surface area contributed by atoms with E-state index in [1.807, 2.05) is 23.1 Å². The van der Waals surface area contributed by atoms with Crippen LogP contribution in [0.25, 0.3) is 11.3 Å². The van der Waals surface area contributed by atoms with Gasteiger partial charge in [-0.1, -0.05) is 18.2 Å². The molecule has 4 nitrogen and oxygen atoms in total. The Hall–Kier alpha value is -2.27. The summed E-state index contributed by atoms with van der Waals surface area (Å²) in [5, 5.41) is 0. The summed E-state index contributed by atoms with van der Waals surface area (Å²) in [6.07, 6.45) is 1.91. The van der Waals surface area contributed by atoms with Gasteiger partial charge in [-0.25, -0.2) is 4.39 Å². The van der Waals surface area contributed by atoms with Gasteiger partial charge in [0.15, 0.2) is 0 Å². The minimum Gasteiger partial charge on any atom is -0.375 e. The molecule has 0 aliphatic carbocycles. The molecule has 1 aromatic carbocycles. The molecule has 0 radical (unpaired) electrons. The van der Waals surface area contributed by atoms with Crippen LogP contribution >= 0.6 is 0 Å². The molecule has 126 valence electrons. The number of amides is 1. The zero-order chi connectivity index (χ0) is 16.9. The average molecular weight is 328 g/mol. The van der Waals surface area contributed by atoms with E-state index < -0.39 is 0 Å². The van der Waals surface area contributed by atoms with Gasteiger partial charge < -0.3 is 9.64 Å². The van der Waals surface area contributed by atoms with Crippen LogP contribution in [0.15, 0.2) is 42.5 Å². The van der Waals surface area contributed by atoms with Gasteiger partial charge in [0, 0.05) is 37.4 Å². The highest BCUT2D eigenvalue weighted by Crippen LogP contribution is 2.28. The van der Waals surface area contributed by atoms with Crippen molar-refractivity contribution in [3.05, 3.63) is 54.0 Å². The number of hydrogen-bond acceptors (Lipinski definition) is 3. The minimum atomic E-state index is -0.275. The molecule has 3 rings (SSSR count). The summed E-state index contributed by atoms with van der Waals surface area (Å²) in [6, 6.07) is 12.3. The molecule has 1 aromatic heterocycles. The highest BCUT2D eigenvalue weighted by atomic mass is 19.1. The number of nitrogens with zero attached hydrogens (tertiary/aromatic N) is 2. The lowest BCUT2D eigenvalue weighted by Crippen LogP contribution is -2.41. The zero-order valence-corrected chi connectivity index (χ0v) is 13.7.